The van der Waals surface area contributed by atoms with Crippen LogP contribution >= 0.6 is 11.6 Å². The Labute approximate surface area is 95.6 Å². The third-order valence-electron chi connectivity index (χ3n) is 2.26. The first kappa shape index (κ1) is 9.30. The van der Waals surface area contributed by atoms with Gasteiger partial charge in [-0.25, -0.2) is 4.98 Å². The van der Waals surface area contributed by atoms with Crippen LogP contribution in [0.4, 0.5) is 5.69 Å². The molecule has 80 valence electrons. The minimum atomic E-state index is 0.263. The highest BCUT2D eigenvalue weighted by Crippen LogP contribution is 2.31. The van der Waals surface area contributed by atoms with Gasteiger partial charge in [0.2, 0.25) is 11.1 Å². The van der Waals surface area contributed by atoms with Crippen molar-refractivity contribution >= 4 is 28.4 Å². The van der Waals surface area contributed by atoms with Crippen LogP contribution in [0.15, 0.2) is 39.4 Å². The number of hydrogen-bond acceptors (Lipinski definition) is 4. The molecule has 2 heterocycles. The molecule has 2 N–H and O–H groups in total. The molecule has 0 amide bonds. The average molecular weight is 235 g/mol. The molecule has 0 aliphatic carbocycles. The molecular weight excluding hydrogens is 228 g/mol. The fourth-order valence-corrected chi connectivity index (χ4v) is 1.70. The minimum Gasteiger partial charge on any atom is -0.452 e. The molecule has 3 aromatic rings. The standard InChI is InChI=1S/C11H7ClN2O2/c12-10-7(3-4-15-10)11-14-8-2-1-6(13)5-9(8)16-11/h1-5H,13H2. The number of benzene rings is 1. The summed E-state index contributed by atoms with van der Waals surface area (Å²) in [4.78, 5) is 4.29. The van der Waals surface area contributed by atoms with Crippen molar-refractivity contribution in [1.82, 2.24) is 4.98 Å². The van der Waals surface area contributed by atoms with Crippen LogP contribution in [0.2, 0.25) is 5.22 Å². The first-order valence-corrected chi connectivity index (χ1v) is 5.01. The van der Waals surface area contributed by atoms with Crippen molar-refractivity contribution in [3.05, 3.63) is 35.7 Å². The summed E-state index contributed by atoms with van der Waals surface area (Å²) >= 11 is 5.84. The molecule has 0 unspecified atom stereocenters. The number of nitrogens with zero attached hydrogens (tertiary/aromatic N) is 1. The summed E-state index contributed by atoms with van der Waals surface area (Å²) in [5.41, 5.74) is 8.29. The lowest BCUT2D eigenvalue weighted by atomic mass is 10.3. The van der Waals surface area contributed by atoms with Gasteiger partial charge >= 0.3 is 0 Å². The average Bonchev–Trinajstić information content (AvgIpc) is 2.82. The Balaban J connectivity index is 2.23. The number of aromatic nitrogens is 1. The molecule has 0 fully saturated rings. The normalized spacial score (nSPS) is 11.1. The third kappa shape index (κ3) is 1.35. The number of hydrogen-bond donors (Lipinski definition) is 1. The highest BCUT2D eigenvalue weighted by Gasteiger charge is 2.13. The van der Waals surface area contributed by atoms with E-state index in [1.54, 1.807) is 24.3 Å². The number of nitrogens with two attached hydrogens (primary N) is 1. The van der Waals surface area contributed by atoms with E-state index in [9.17, 15) is 0 Å². The Morgan fingerprint density at radius 2 is 2.12 bits per heavy atom. The highest BCUT2D eigenvalue weighted by molar-refractivity contribution is 6.31. The molecule has 0 saturated heterocycles. The Kier molecular flexibility index (Phi) is 1.91. The largest absolute Gasteiger partial charge is 0.452 e. The van der Waals surface area contributed by atoms with E-state index in [-0.39, 0.29) is 5.22 Å². The zero-order valence-corrected chi connectivity index (χ0v) is 8.86. The van der Waals surface area contributed by atoms with E-state index < -0.39 is 0 Å². The van der Waals surface area contributed by atoms with Crippen LogP contribution in [0.5, 0.6) is 0 Å². The fraction of sp³-hybridized carbons (Fsp3) is 0. The van der Waals surface area contributed by atoms with Crippen molar-refractivity contribution < 1.29 is 8.83 Å². The number of oxazole rings is 1. The lowest BCUT2D eigenvalue weighted by molar-refractivity contribution is 0.566. The number of fused-ring (bicyclic) bond motifs is 1. The molecule has 16 heavy (non-hydrogen) atoms. The Morgan fingerprint density at radius 1 is 1.25 bits per heavy atom. The SMILES string of the molecule is Nc1ccc2nc(-c3ccoc3Cl)oc2c1. The van der Waals surface area contributed by atoms with Gasteiger partial charge in [0, 0.05) is 11.8 Å². The molecule has 0 radical (unpaired) electrons. The molecule has 4 nitrogen and oxygen atoms in total. The van der Waals surface area contributed by atoms with E-state index in [0.717, 1.165) is 5.52 Å². The summed E-state index contributed by atoms with van der Waals surface area (Å²) in [5, 5.41) is 0.263. The molecule has 0 saturated carbocycles. The van der Waals surface area contributed by atoms with E-state index in [1.165, 1.54) is 6.26 Å². The zero-order chi connectivity index (χ0) is 11.1. The number of furan rings is 1. The third-order valence-corrected chi connectivity index (χ3v) is 2.55. The first-order valence-electron chi connectivity index (χ1n) is 4.63. The number of halogens is 1. The highest BCUT2D eigenvalue weighted by atomic mass is 35.5. The van der Waals surface area contributed by atoms with Crippen molar-refractivity contribution in [1.29, 1.82) is 0 Å². The fourth-order valence-electron chi connectivity index (χ4n) is 1.50. The van der Waals surface area contributed by atoms with Gasteiger partial charge in [-0.1, -0.05) is 0 Å². The van der Waals surface area contributed by atoms with Gasteiger partial charge in [0.15, 0.2) is 5.58 Å². The van der Waals surface area contributed by atoms with Crippen molar-refractivity contribution in [2.24, 2.45) is 0 Å². The Bertz CT molecular complexity index is 657. The summed E-state index contributed by atoms with van der Waals surface area (Å²) in [6.45, 7) is 0. The maximum absolute atomic E-state index is 5.84. The Hall–Kier alpha value is -1.94. The predicted molar refractivity (Wildman–Crippen MR) is 61.1 cm³/mol. The zero-order valence-electron chi connectivity index (χ0n) is 8.11. The summed E-state index contributed by atoms with van der Waals surface area (Å²) in [7, 11) is 0. The van der Waals surface area contributed by atoms with Crippen LogP contribution in [0.25, 0.3) is 22.6 Å². The molecule has 0 atom stereocenters. The number of rotatable bonds is 1. The summed E-state index contributed by atoms with van der Waals surface area (Å²) in [5.74, 6) is 0.430. The maximum Gasteiger partial charge on any atom is 0.232 e. The van der Waals surface area contributed by atoms with Crippen LogP contribution in [0.3, 0.4) is 0 Å². The second kappa shape index (κ2) is 3.28. The Morgan fingerprint density at radius 3 is 2.88 bits per heavy atom. The maximum atomic E-state index is 5.84. The molecule has 3 rings (SSSR count). The van der Waals surface area contributed by atoms with E-state index in [0.29, 0.717) is 22.7 Å². The van der Waals surface area contributed by atoms with Crippen LogP contribution in [-0.4, -0.2) is 4.98 Å². The van der Waals surface area contributed by atoms with Crippen LogP contribution in [0, 0.1) is 0 Å². The van der Waals surface area contributed by atoms with Gasteiger partial charge in [-0.05, 0) is 29.8 Å². The number of nitrogen functional groups attached to an aromatic ring is 1. The van der Waals surface area contributed by atoms with Gasteiger partial charge in [-0.2, -0.15) is 0 Å². The van der Waals surface area contributed by atoms with Crippen molar-refractivity contribution in [3.8, 4) is 11.5 Å². The van der Waals surface area contributed by atoms with Crippen LogP contribution in [-0.2, 0) is 0 Å². The van der Waals surface area contributed by atoms with E-state index in [2.05, 4.69) is 4.98 Å². The molecule has 5 heteroatoms. The van der Waals surface area contributed by atoms with Gasteiger partial charge in [-0.15, -0.1) is 0 Å². The van der Waals surface area contributed by atoms with Crippen molar-refractivity contribution in [2.75, 3.05) is 5.73 Å². The van der Waals surface area contributed by atoms with Gasteiger partial charge in [-0.3, -0.25) is 0 Å². The van der Waals surface area contributed by atoms with E-state index in [1.807, 2.05) is 0 Å². The number of anilines is 1. The summed E-state index contributed by atoms with van der Waals surface area (Å²) < 4.78 is 10.5. The van der Waals surface area contributed by atoms with Gasteiger partial charge in [0.1, 0.15) is 5.52 Å². The van der Waals surface area contributed by atoms with Crippen molar-refractivity contribution in [3.63, 3.8) is 0 Å². The second-order valence-electron chi connectivity index (χ2n) is 3.35. The predicted octanol–water partition coefficient (Wildman–Crippen LogP) is 3.32. The molecule has 0 bridgehead atoms. The van der Waals surface area contributed by atoms with Crippen molar-refractivity contribution in [2.45, 2.75) is 0 Å². The first-order chi connectivity index (χ1) is 7.74. The summed E-state index contributed by atoms with van der Waals surface area (Å²) in [6.07, 6.45) is 1.49. The lowest BCUT2D eigenvalue weighted by Crippen LogP contribution is -1.81. The molecule has 0 aliphatic rings. The summed E-state index contributed by atoms with van der Waals surface area (Å²) in [6, 6.07) is 6.99. The topological polar surface area (TPSA) is 65.2 Å². The van der Waals surface area contributed by atoms with E-state index >= 15 is 0 Å². The van der Waals surface area contributed by atoms with Gasteiger partial charge in [0.25, 0.3) is 0 Å². The minimum absolute atomic E-state index is 0.263. The second-order valence-corrected chi connectivity index (χ2v) is 3.70. The molecule has 0 aliphatic heterocycles. The quantitative estimate of drug-likeness (QED) is 0.656. The molecular formula is C11H7ClN2O2. The molecule has 2 aromatic heterocycles. The van der Waals surface area contributed by atoms with Gasteiger partial charge < -0.3 is 14.6 Å². The van der Waals surface area contributed by atoms with E-state index in [4.69, 9.17) is 26.2 Å². The molecule has 0 spiro atoms. The molecule has 1 aromatic carbocycles. The van der Waals surface area contributed by atoms with Crippen LogP contribution in [0.1, 0.15) is 0 Å². The van der Waals surface area contributed by atoms with Crippen LogP contribution < -0.4 is 5.73 Å². The smallest absolute Gasteiger partial charge is 0.232 e. The lowest BCUT2D eigenvalue weighted by Gasteiger charge is -1.89. The van der Waals surface area contributed by atoms with Gasteiger partial charge in [0.05, 0.1) is 11.8 Å². The monoisotopic (exact) mass is 234 g/mol.